The molecule has 0 saturated carbocycles. The molecule has 2 aliphatic heterocycles. The number of hydrogen-bond donors (Lipinski definition) is 1. The average Bonchev–Trinajstić information content (AvgIpc) is 2.89. The normalized spacial score (nSPS) is 26.9. The molecule has 4 rings (SSSR count). The van der Waals surface area contributed by atoms with Crippen molar-refractivity contribution in [3.05, 3.63) is 33.8 Å². The highest BCUT2D eigenvalue weighted by molar-refractivity contribution is 6.26. The molecular weight excluding hydrogens is 314 g/mol. The average molecular weight is 331 g/mol. The highest BCUT2D eigenvalue weighted by Gasteiger charge is 2.56. The fourth-order valence-electron chi connectivity index (χ4n) is 3.99. The van der Waals surface area contributed by atoms with E-state index in [1.807, 2.05) is 11.6 Å². The van der Waals surface area contributed by atoms with Gasteiger partial charge in [0.1, 0.15) is 12.3 Å². The van der Waals surface area contributed by atoms with Gasteiger partial charge in [0.2, 0.25) is 11.6 Å². The van der Waals surface area contributed by atoms with Crippen LogP contribution < -0.4 is 5.73 Å². The predicted octanol–water partition coefficient (Wildman–Crippen LogP) is 0.752. The van der Waals surface area contributed by atoms with Gasteiger partial charge in [-0.05, 0) is 14.0 Å². The molecular formula is C16H17N3O5. The quantitative estimate of drug-likeness (QED) is 0.820. The maximum atomic E-state index is 12.8. The molecule has 1 aromatic heterocycles. The summed E-state index contributed by atoms with van der Waals surface area (Å²) in [4.78, 5) is 38.8. The highest BCUT2D eigenvalue weighted by atomic mass is 16.5. The summed E-state index contributed by atoms with van der Waals surface area (Å²) in [5.41, 5.74) is 7.44. The summed E-state index contributed by atoms with van der Waals surface area (Å²) in [6.45, 7) is 2.10. The summed E-state index contributed by atoms with van der Waals surface area (Å²) in [7, 11) is 3.35. The zero-order chi connectivity index (χ0) is 17.3. The smallest absolute Gasteiger partial charge is 0.404 e. The van der Waals surface area contributed by atoms with E-state index in [1.54, 1.807) is 6.92 Å². The minimum atomic E-state index is -0.921. The molecule has 3 aliphatic rings. The number of primary amides is 1. The van der Waals surface area contributed by atoms with E-state index in [1.165, 1.54) is 7.11 Å². The number of amides is 1. The molecule has 3 heterocycles. The first-order valence-corrected chi connectivity index (χ1v) is 7.62. The van der Waals surface area contributed by atoms with Crippen LogP contribution in [0.5, 0.6) is 0 Å². The van der Waals surface area contributed by atoms with E-state index in [-0.39, 0.29) is 35.5 Å². The van der Waals surface area contributed by atoms with Crippen LogP contribution in [-0.2, 0) is 22.6 Å². The summed E-state index contributed by atoms with van der Waals surface area (Å²) < 4.78 is 12.0. The van der Waals surface area contributed by atoms with Crippen LogP contribution in [0.2, 0.25) is 0 Å². The topological polar surface area (TPSA) is 104 Å². The van der Waals surface area contributed by atoms with Gasteiger partial charge in [-0.2, -0.15) is 0 Å². The maximum Gasteiger partial charge on any atom is 0.404 e. The zero-order valence-electron chi connectivity index (χ0n) is 13.6. The molecule has 2 N–H and O–H groups in total. The Kier molecular flexibility index (Phi) is 2.93. The lowest BCUT2D eigenvalue weighted by atomic mass is 9.91. The molecule has 1 unspecified atom stereocenters. The van der Waals surface area contributed by atoms with Crippen LogP contribution >= 0.6 is 0 Å². The van der Waals surface area contributed by atoms with E-state index in [0.717, 1.165) is 5.69 Å². The second-order valence-corrected chi connectivity index (χ2v) is 6.30. The Bertz CT molecular complexity index is 850. The largest absolute Gasteiger partial charge is 0.492 e. The molecule has 1 saturated heterocycles. The number of carbonyl (C=O) groups excluding carboxylic acids is 3. The monoisotopic (exact) mass is 331 g/mol. The van der Waals surface area contributed by atoms with E-state index in [0.29, 0.717) is 29.4 Å². The van der Waals surface area contributed by atoms with Gasteiger partial charge in [-0.1, -0.05) is 0 Å². The third kappa shape index (κ3) is 1.68. The molecule has 8 nitrogen and oxygen atoms in total. The third-order valence-corrected chi connectivity index (χ3v) is 5.19. The first-order chi connectivity index (χ1) is 11.4. The van der Waals surface area contributed by atoms with Crippen LogP contribution in [0.4, 0.5) is 4.79 Å². The van der Waals surface area contributed by atoms with Crippen LogP contribution in [-0.4, -0.2) is 47.3 Å². The minimum Gasteiger partial charge on any atom is -0.492 e. The highest BCUT2D eigenvalue weighted by Crippen LogP contribution is 2.52. The fourth-order valence-corrected chi connectivity index (χ4v) is 3.99. The van der Waals surface area contributed by atoms with Crippen LogP contribution in [0.1, 0.15) is 45.1 Å². The SMILES string of the molecule is COC1=C(C)C(=O)c2c(c(COC(N)=O)c3n2C[C@H]2[C@@H]3N2C)C1=O. The number of ether oxygens (including phenoxy) is 2. The van der Waals surface area contributed by atoms with Gasteiger partial charge in [0.15, 0.2) is 5.76 Å². The predicted molar refractivity (Wildman–Crippen MR) is 81.5 cm³/mol. The number of Topliss-reactive ketones (excluding diaryl/α,β-unsaturated/α-hetero) is 2. The van der Waals surface area contributed by atoms with Crippen molar-refractivity contribution >= 4 is 17.7 Å². The van der Waals surface area contributed by atoms with Crippen molar-refractivity contribution < 1.29 is 23.9 Å². The third-order valence-electron chi connectivity index (χ3n) is 5.19. The number of methoxy groups -OCH3 is 1. The summed E-state index contributed by atoms with van der Waals surface area (Å²) in [6, 6.07) is 0.447. The number of nitrogens with zero attached hydrogens (tertiary/aromatic N) is 2. The molecule has 126 valence electrons. The molecule has 3 atom stereocenters. The summed E-state index contributed by atoms with van der Waals surface area (Å²) in [5.74, 6) is -0.538. The minimum absolute atomic E-state index is 0.0396. The van der Waals surface area contributed by atoms with Gasteiger partial charge in [0.25, 0.3) is 0 Å². The van der Waals surface area contributed by atoms with Crippen molar-refractivity contribution in [1.29, 1.82) is 0 Å². The Labute approximate surface area is 137 Å². The number of aromatic nitrogens is 1. The van der Waals surface area contributed by atoms with Crippen LogP contribution in [0.3, 0.4) is 0 Å². The van der Waals surface area contributed by atoms with Crippen molar-refractivity contribution in [3.8, 4) is 0 Å². The van der Waals surface area contributed by atoms with E-state index >= 15 is 0 Å². The number of hydrogen-bond acceptors (Lipinski definition) is 6. The second-order valence-electron chi connectivity index (χ2n) is 6.30. The molecule has 24 heavy (non-hydrogen) atoms. The van der Waals surface area contributed by atoms with E-state index in [9.17, 15) is 14.4 Å². The molecule has 0 spiro atoms. The Hall–Kier alpha value is -2.61. The number of fused-ring (bicyclic) bond motifs is 5. The number of carbonyl (C=O) groups is 3. The first kappa shape index (κ1) is 14.9. The van der Waals surface area contributed by atoms with Gasteiger partial charge in [-0.3, -0.25) is 14.5 Å². The fraction of sp³-hybridized carbons (Fsp3) is 0.438. The van der Waals surface area contributed by atoms with Gasteiger partial charge in [-0.15, -0.1) is 0 Å². The van der Waals surface area contributed by atoms with Gasteiger partial charge >= 0.3 is 6.09 Å². The zero-order valence-corrected chi connectivity index (χ0v) is 13.6. The first-order valence-electron chi connectivity index (χ1n) is 7.62. The maximum absolute atomic E-state index is 12.8. The summed E-state index contributed by atoms with van der Waals surface area (Å²) in [6.07, 6.45) is -0.921. The van der Waals surface area contributed by atoms with Gasteiger partial charge in [-0.25, -0.2) is 4.79 Å². The molecule has 0 radical (unpaired) electrons. The van der Waals surface area contributed by atoms with Crippen LogP contribution in [0.25, 0.3) is 0 Å². The Morgan fingerprint density at radius 2 is 2.04 bits per heavy atom. The van der Waals surface area contributed by atoms with Gasteiger partial charge in [0.05, 0.1) is 18.7 Å². The molecule has 1 aromatic rings. The number of rotatable bonds is 3. The van der Waals surface area contributed by atoms with Crippen LogP contribution in [0.15, 0.2) is 11.3 Å². The van der Waals surface area contributed by atoms with E-state index in [4.69, 9.17) is 15.2 Å². The standard InChI is InChI=1S/C16H17N3O5/c1-6-13(20)12-9(14(21)15(6)23-3)7(5-24-16(17)22)10-11-8(18(11)2)4-19(10)12/h8,11H,4-5H2,1-3H3,(H2,17,22)/t8-,11-,18?/m0/s1. The Morgan fingerprint density at radius 1 is 1.33 bits per heavy atom. The van der Waals surface area contributed by atoms with Gasteiger partial charge < -0.3 is 19.8 Å². The van der Waals surface area contributed by atoms with Crippen molar-refractivity contribution in [1.82, 2.24) is 9.47 Å². The lowest BCUT2D eigenvalue weighted by Gasteiger charge is -2.18. The molecule has 1 aliphatic carbocycles. The van der Waals surface area contributed by atoms with E-state index < -0.39 is 6.09 Å². The molecule has 1 amide bonds. The van der Waals surface area contributed by atoms with Crippen molar-refractivity contribution in [2.75, 3.05) is 14.2 Å². The van der Waals surface area contributed by atoms with Crippen molar-refractivity contribution in [2.45, 2.75) is 32.2 Å². The number of ketones is 2. The lowest BCUT2D eigenvalue weighted by Crippen LogP contribution is -2.25. The van der Waals surface area contributed by atoms with E-state index in [2.05, 4.69) is 4.90 Å². The number of nitrogens with two attached hydrogens (primary N) is 1. The Balaban J connectivity index is 1.92. The molecule has 0 aromatic carbocycles. The van der Waals surface area contributed by atoms with Crippen molar-refractivity contribution in [2.24, 2.45) is 5.73 Å². The number of likely N-dealkylation sites (N-methyl/N-ethyl adjacent to an activating group) is 1. The van der Waals surface area contributed by atoms with Gasteiger partial charge in [0, 0.05) is 29.4 Å². The second kappa shape index (κ2) is 4.70. The Morgan fingerprint density at radius 3 is 2.67 bits per heavy atom. The van der Waals surface area contributed by atoms with Crippen molar-refractivity contribution in [3.63, 3.8) is 0 Å². The molecule has 1 fully saturated rings. The van der Waals surface area contributed by atoms with Crippen LogP contribution in [0, 0.1) is 0 Å². The number of allylic oxidation sites excluding steroid dienone is 2. The molecule has 0 bridgehead atoms. The summed E-state index contributed by atoms with van der Waals surface area (Å²) >= 11 is 0. The summed E-state index contributed by atoms with van der Waals surface area (Å²) in [5, 5.41) is 0. The molecule has 8 heteroatoms. The lowest BCUT2D eigenvalue weighted by molar-refractivity contribution is 0.0899.